The average Bonchev–Trinajstić information content (AvgIpc) is 2.61. The van der Waals surface area contributed by atoms with E-state index in [2.05, 4.69) is 9.97 Å². The number of ether oxygens (including phenoxy) is 1. The predicted octanol–water partition coefficient (Wildman–Crippen LogP) is 2.80. The summed E-state index contributed by atoms with van der Waals surface area (Å²) >= 11 is 0. The summed E-state index contributed by atoms with van der Waals surface area (Å²) in [6, 6.07) is 12.1. The number of anilines is 1. The van der Waals surface area contributed by atoms with Crippen molar-refractivity contribution >= 4 is 15.7 Å². The lowest BCUT2D eigenvalue weighted by atomic mass is 9.96. The van der Waals surface area contributed by atoms with E-state index in [-0.39, 0.29) is 4.90 Å². The summed E-state index contributed by atoms with van der Waals surface area (Å²) in [4.78, 5) is 8.64. The molecule has 2 aromatic heterocycles. The molecule has 0 fully saturated rings. The lowest BCUT2D eigenvalue weighted by molar-refractivity contribution is 0.398. The summed E-state index contributed by atoms with van der Waals surface area (Å²) in [7, 11) is -1.70. The van der Waals surface area contributed by atoms with E-state index in [0.717, 1.165) is 22.3 Å². The van der Waals surface area contributed by atoms with Crippen molar-refractivity contribution in [3.63, 3.8) is 0 Å². The number of hydrogen-bond donors (Lipinski definition) is 1. The molecule has 0 saturated heterocycles. The minimum Gasteiger partial charge on any atom is -0.481 e. The van der Waals surface area contributed by atoms with Crippen LogP contribution in [0.1, 0.15) is 0 Å². The fraction of sp³-hybridized carbons (Fsp3) is 0.111. The maximum absolute atomic E-state index is 11.6. The molecule has 0 aliphatic heterocycles. The van der Waals surface area contributed by atoms with Crippen molar-refractivity contribution < 1.29 is 13.2 Å². The Morgan fingerprint density at radius 1 is 0.960 bits per heavy atom. The van der Waals surface area contributed by atoms with Crippen LogP contribution >= 0.6 is 0 Å². The lowest BCUT2D eigenvalue weighted by Gasteiger charge is -2.12. The Balaban J connectivity index is 2.13. The highest BCUT2D eigenvalue weighted by Crippen LogP contribution is 2.35. The molecule has 0 bridgehead atoms. The molecule has 128 valence electrons. The number of hydrogen-bond acceptors (Lipinski definition) is 6. The zero-order valence-corrected chi connectivity index (χ0v) is 14.6. The lowest BCUT2D eigenvalue weighted by Crippen LogP contribution is -1.99. The van der Waals surface area contributed by atoms with Gasteiger partial charge in [0.05, 0.1) is 12.0 Å². The second-order valence-corrected chi connectivity index (χ2v) is 7.52. The third-order valence-electron chi connectivity index (χ3n) is 3.81. The van der Waals surface area contributed by atoms with Crippen molar-refractivity contribution in [1.29, 1.82) is 0 Å². The van der Waals surface area contributed by atoms with E-state index in [4.69, 9.17) is 10.5 Å². The monoisotopic (exact) mass is 355 g/mol. The molecular formula is C18H17N3O3S. The SMILES string of the molecule is COc1ccc(-c2ccnc(N)c2-c2ccc(S(C)(=O)=O)cc2)cn1. The van der Waals surface area contributed by atoms with Gasteiger partial charge in [0, 0.05) is 35.8 Å². The number of aromatic nitrogens is 2. The fourth-order valence-corrected chi connectivity index (χ4v) is 3.18. The molecule has 2 N–H and O–H groups in total. The standard InChI is InChI=1S/C18H17N3O3S/c1-24-16-8-5-13(11-21-16)15-9-10-20-18(19)17(15)12-3-6-14(7-4-12)25(2,22)23/h3-11H,1-2H3,(H2,19,20). The van der Waals surface area contributed by atoms with Gasteiger partial charge in [-0.15, -0.1) is 0 Å². The summed E-state index contributed by atoms with van der Waals surface area (Å²) in [5, 5.41) is 0. The molecule has 0 spiro atoms. The van der Waals surface area contributed by atoms with Gasteiger partial charge in [0.15, 0.2) is 9.84 Å². The Labute approximate surface area is 146 Å². The van der Waals surface area contributed by atoms with Crippen LogP contribution in [0.4, 0.5) is 5.82 Å². The molecule has 25 heavy (non-hydrogen) atoms. The predicted molar refractivity (Wildman–Crippen MR) is 97.0 cm³/mol. The second-order valence-electron chi connectivity index (χ2n) is 5.50. The number of nitrogens with two attached hydrogens (primary N) is 1. The second kappa shape index (κ2) is 6.52. The van der Waals surface area contributed by atoms with E-state index in [9.17, 15) is 8.42 Å². The summed E-state index contributed by atoms with van der Waals surface area (Å²) < 4.78 is 28.4. The summed E-state index contributed by atoms with van der Waals surface area (Å²) in [6.45, 7) is 0. The zero-order valence-electron chi connectivity index (χ0n) is 13.8. The first kappa shape index (κ1) is 16.9. The van der Waals surface area contributed by atoms with Gasteiger partial charge in [-0.1, -0.05) is 12.1 Å². The summed E-state index contributed by atoms with van der Waals surface area (Å²) in [5.41, 5.74) is 9.32. The van der Waals surface area contributed by atoms with Crippen LogP contribution in [0.15, 0.2) is 59.8 Å². The number of nitrogen functional groups attached to an aromatic ring is 1. The van der Waals surface area contributed by atoms with Gasteiger partial charge in [0.1, 0.15) is 5.82 Å². The van der Waals surface area contributed by atoms with E-state index < -0.39 is 9.84 Å². The van der Waals surface area contributed by atoms with E-state index in [1.54, 1.807) is 49.8 Å². The molecule has 1 aromatic carbocycles. The Morgan fingerprint density at radius 2 is 1.64 bits per heavy atom. The van der Waals surface area contributed by atoms with Crippen molar-refractivity contribution in [3.8, 4) is 28.1 Å². The van der Waals surface area contributed by atoms with Crippen LogP contribution in [-0.4, -0.2) is 31.8 Å². The fourth-order valence-electron chi connectivity index (χ4n) is 2.55. The van der Waals surface area contributed by atoms with Crippen molar-refractivity contribution in [1.82, 2.24) is 9.97 Å². The number of sulfone groups is 1. The van der Waals surface area contributed by atoms with E-state index in [1.807, 2.05) is 12.1 Å². The van der Waals surface area contributed by atoms with Gasteiger partial charge in [-0.05, 0) is 35.4 Å². The Bertz CT molecular complexity index is 999. The maximum atomic E-state index is 11.6. The van der Waals surface area contributed by atoms with Crippen molar-refractivity contribution in [2.45, 2.75) is 4.90 Å². The van der Waals surface area contributed by atoms with Crippen LogP contribution in [0.5, 0.6) is 5.88 Å². The molecule has 0 atom stereocenters. The summed E-state index contributed by atoms with van der Waals surface area (Å²) in [6.07, 6.45) is 4.50. The van der Waals surface area contributed by atoms with Gasteiger partial charge in [0.2, 0.25) is 5.88 Å². The van der Waals surface area contributed by atoms with Crippen molar-refractivity contribution in [2.24, 2.45) is 0 Å². The molecule has 0 radical (unpaired) electrons. The van der Waals surface area contributed by atoms with Crippen LogP contribution in [0.2, 0.25) is 0 Å². The molecule has 0 aliphatic rings. The van der Waals surface area contributed by atoms with E-state index in [1.165, 1.54) is 6.26 Å². The van der Waals surface area contributed by atoms with E-state index in [0.29, 0.717) is 11.7 Å². The van der Waals surface area contributed by atoms with Crippen LogP contribution in [0.3, 0.4) is 0 Å². The molecule has 0 unspecified atom stereocenters. The van der Waals surface area contributed by atoms with Gasteiger partial charge in [-0.3, -0.25) is 0 Å². The van der Waals surface area contributed by atoms with Crippen molar-refractivity contribution in [3.05, 3.63) is 54.9 Å². The van der Waals surface area contributed by atoms with Crippen LogP contribution in [-0.2, 0) is 9.84 Å². The maximum Gasteiger partial charge on any atom is 0.212 e. The van der Waals surface area contributed by atoms with E-state index >= 15 is 0 Å². The first-order valence-corrected chi connectivity index (χ1v) is 9.34. The van der Waals surface area contributed by atoms with Gasteiger partial charge in [-0.25, -0.2) is 18.4 Å². The zero-order chi connectivity index (χ0) is 18.0. The van der Waals surface area contributed by atoms with Gasteiger partial charge in [0.25, 0.3) is 0 Å². The van der Waals surface area contributed by atoms with Crippen molar-refractivity contribution in [2.75, 3.05) is 19.1 Å². The number of methoxy groups -OCH3 is 1. The van der Waals surface area contributed by atoms with Gasteiger partial charge >= 0.3 is 0 Å². The molecule has 3 aromatic rings. The number of nitrogens with zero attached hydrogens (tertiary/aromatic N) is 2. The molecule has 0 saturated carbocycles. The highest BCUT2D eigenvalue weighted by molar-refractivity contribution is 7.90. The number of benzene rings is 1. The third kappa shape index (κ3) is 3.46. The van der Waals surface area contributed by atoms with Crippen LogP contribution in [0.25, 0.3) is 22.3 Å². The molecule has 6 nitrogen and oxygen atoms in total. The van der Waals surface area contributed by atoms with Crippen LogP contribution in [0, 0.1) is 0 Å². The largest absolute Gasteiger partial charge is 0.481 e. The minimum atomic E-state index is -3.25. The molecule has 7 heteroatoms. The smallest absolute Gasteiger partial charge is 0.212 e. The Morgan fingerprint density at radius 3 is 2.20 bits per heavy atom. The highest BCUT2D eigenvalue weighted by Gasteiger charge is 2.14. The Hall–Kier alpha value is -2.93. The number of pyridine rings is 2. The molecule has 0 amide bonds. The average molecular weight is 355 g/mol. The van der Waals surface area contributed by atoms with Gasteiger partial charge in [-0.2, -0.15) is 0 Å². The minimum absolute atomic E-state index is 0.256. The third-order valence-corrected chi connectivity index (χ3v) is 4.94. The van der Waals surface area contributed by atoms with Crippen LogP contribution < -0.4 is 10.5 Å². The normalized spacial score (nSPS) is 11.3. The first-order valence-electron chi connectivity index (χ1n) is 7.45. The first-order chi connectivity index (χ1) is 11.9. The molecule has 2 heterocycles. The molecule has 3 rings (SSSR count). The Kier molecular flexibility index (Phi) is 4.41. The molecular weight excluding hydrogens is 338 g/mol. The van der Waals surface area contributed by atoms with Gasteiger partial charge < -0.3 is 10.5 Å². The summed E-state index contributed by atoms with van der Waals surface area (Å²) in [5.74, 6) is 0.880. The number of rotatable bonds is 4. The quantitative estimate of drug-likeness (QED) is 0.773. The highest BCUT2D eigenvalue weighted by atomic mass is 32.2. The molecule has 0 aliphatic carbocycles. The topological polar surface area (TPSA) is 95.2 Å².